The zero-order chi connectivity index (χ0) is 21.5. The number of thioether (sulfide) groups is 1. The van der Waals surface area contributed by atoms with Gasteiger partial charge in [0.2, 0.25) is 5.91 Å². The van der Waals surface area contributed by atoms with Gasteiger partial charge in [0.15, 0.2) is 6.29 Å². The van der Waals surface area contributed by atoms with Crippen LogP contribution in [0.3, 0.4) is 0 Å². The Balaban J connectivity index is 1.59. The van der Waals surface area contributed by atoms with Crippen LogP contribution >= 0.6 is 11.8 Å². The molecule has 2 N–H and O–H groups in total. The zero-order valence-corrected chi connectivity index (χ0v) is 18.1. The van der Waals surface area contributed by atoms with E-state index in [0.717, 1.165) is 16.9 Å². The summed E-state index contributed by atoms with van der Waals surface area (Å²) in [7, 11) is 3.19. The molecule has 4 atom stereocenters. The van der Waals surface area contributed by atoms with Gasteiger partial charge >= 0.3 is 5.97 Å². The Morgan fingerprint density at radius 3 is 2.70 bits per heavy atom. The summed E-state index contributed by atoms with van der Waals surface area (Å²) in [6.45, 7) is 2.02. The molecule has 8 nitrogen and oxygen atoms in total. The minimum Gasteiger partial charge on any atom is -0.497 e. The number of rotatable bonds is 6. The number of nitrogens with zero attached hydrogens (tertiary/aromatic N) is 1. The van der Waals surface area contributed by atoms with Crippen LogP contribution in [0.25, 0.3) is 0 Å². The SMILES string of the molecule is COc1ccc(COC(=O)C2=C([C@]3(C)CC[C@H](OC)O3)CS[C@@H]3[C@H](N)C(=O)N23)cc1. The fourth-order valence-electron chi connectivity index (χ4n) is 4.04. The van der Waals surface area contributed by atoms with Gasteiger partial charge in [-0.3, -0.25) is 9.69 Å². The number of nitrogens with two attached hydrogens (primary N) is 1. The molecule has 0 radical (unpaired) electrons. The van der Waals surface area contributed by atoms with Gasteiger partial charge in [0, 0.05) is 24.9 Å². The van der Waals surface area contributed by atoms with Crippen LogP contribution in [0.2, 0.25) is 0 Å². The summed E-state index contributed by atoms with van der Waals surface area (Å²) >= 11 is 1.55. The third-order valence-corrected chi connectivity index (χ3v) is 7.18. The first kappa shape index (κ1) is 21.2. The highest BCUT2D eigenvalue weighted by Crippen LogP contribution is 2.47. The third-order valence-electron chi connectivity index (χ3n) is 5.88. The van der Waals surface area contributed by atoms with Gasteiger partial charge < -0.3 is 24.7 Å². The maximum absolute atomic E-state index is 13.2. The van der Waals surface area contributed by atoms with Crippen molar-refractivity contribution in [3.05, 3.63) is 41.1 Å². The Morgan fingerprint density at radius 2 is 2.07 bits per heavy atom. The highest BCUT2D eigenvalue weighted by molar-refractivity contribution is 8.00. The van der Waals surface area contributed by atoms with Crippen molar-refractivity contribution in [1.29, 1.82) is 0 Å². The van der Waals surface area contributed by atoms with E-state index in [9.17, 15) is 9.59 Å². The molecule has 0 bridgehead atoms. The number of benzene rings is 1. The van der Waals surface area contributed by atoms with Gasteiger partial charge in [-0.05, 0) is 31.0 Å². The highest BCUT2D eigenvalue weighted by Gasteiger charge is 2.55. The number of fused-ring (bicyclic) bond motifs is 1. The molecule has 2 saturated heterocycles. The first-order valence-corrected chi connectivity index (χ1v) is 10.9. The standard InChI is InChI=1S/C21H26N2O6S/c1-21(9-8-15(27-3)29-21)14-11-30-19-16(22)18(24)23(19)17(14)20(25)28-10-12-4-6-13(26-2)7-5-12/h4-7,15-16,19H,8-11,22H2,1-3H3/t15-,16-,19-,21+/m1/s1. The van der Waals surface area contributed by atoms with E-state index in [1.165, 1.54) is 4.90 Å². The van der Waals surface area contributed by atoms with Crippen molar-refractivity contribution < 1.29 is 28.5 Å². The van der Waals surface area contributed by atoms with E-state index < -0.39 is 17.6 Å². The summed E-state index contributed by atoms with van der Waals surface area (Å²) < 4.78 is 22.2. The fraction of sp³-hybridized carbons (Fsp3) is 0.524. The molecule has 162 valence electrons. The Morgan fingerprint density at radius 1 is 1.33 bits per heavy atom. The van der Waals surface area contributed by atoms with Crippen LogP contribution in [0.1, 0.15) is 25.3 Å². The Kier molecular flexibility index (Phi) is 5.80. The molecule has 0 saturated carbocycles. The van der Waals surface area contributed by atoms with Gasteiger partial charge in [0.05, 0.1) is 12.7 Å². The predicted molar refractivity (Wildman–Crippen MR) is 110 cm³/mol. The smallest absolute Gasteiger partial charge is 0.355 e. The second kappa shape index (κ2) is 8.22. The molecule has 9 heteroatoms. The third kappa shape index (κ3) is 3.60. The molecule has 0 aromatic heterocycles. The van der Waals surface area contributed by atoms with Gasteiger partial charge in [-0.25, -0.2) is 4.79 Å². The summed E-state index contributed by atoms with van der Waals surface area (Å²) in [5.41, 5.74) is 7.09. The Labute approximate surface area is 179 Å². The van der Waals surface area contributed by atoms with Crippen molar-refractivity contribution in [2.24, 2.45) is 5.73 Å². The lowest BCUT2D eigenvalue weighted by atomic mass is 9.90. The Bertz CT molecular complexity index is 873. The van der Waals surface area contributed by atoms with Gasteiger partial charge in [-0.2, -0.15) is 0 Å². The van der Waals surface area contributed by atoms with E-state index in [0.29, 0.717) is 18.6 Å². The number of esters is 1. The van der Waals surface area contributed by atoms with Gasteiger partial charge in [-0.1, -0.05) is 12.1 Å². The lowest BCUT2D eigenvalue weighted by molar-refractivity contribution is -0.153. The molecule has 1 aromatic carbocycles. The minimum absolute atomic E-state index is 0.0871. The number of carbonyl (C=O) groups is 2. The fourth-order valence-corrected chi connectivity index (χ4v) is 5.50. The summed E-state index contributed by atoms with van der Waals surface area (Å²) in [5, 5.41) is -0.256. The molecule has 3 aliphatic heterocycles. The number of hydrogen-bond donors (Lipinski definition) is 1. The Hall–Kier alpha value is -2.07. The van der Waals surface area contributed by atoms with Crippen molar-refractivity contribution in [2.75, 3.05) is 20.0 Å². The molecule has 3 aliphatic rings. The molecule has 1 aromatic rings. The summed E-state index contributed by atoms with van der Waals surface area (Å²) in [6, 6.07) is 6.66. The molecule has 3 heterocycles. The minimum atomic E-state index is -0.701. The summed E-state index contributed by atoms with van der Waals surface area (Å²) in [6.07, 6.45) is 1.07. The van der Waals surface area contributed by atoms with E-state index in [1.54, 1.807) is 38.1 Å². The highest BCUT2D eigenvalue weighted by atomic mass is 32.2. The van der Waals surface area contributed by atoms with Crippen molar-refractivity contribution in [3.63, 3.8) is 0 Å². The number of carbonyl (C=O) groups excluding carboxylic acids is 2. The van der Waals surface area contributed by atoms with Crippen LogP contribution in [0.5, 0.6) is 5.75 Å². The van der Waals surface area contributed by atoms with Gasteiger partial charge in [0.25, 0.3) is 0 Å². The molecular formula is C21H26N2O6S. The average Bonchev–Trinajstić information content (AvgIpc) is 3.18. The molecule has 30 heavy (non-hydrogen) atoms. The summed E-state index contributed by atoms with van der Waals surface area (Å²) in [5.74, 6) is 0.451. The molecule has 0 spiro atoms. The first-order valence-electron chi connectivity index (χ1n) is 9.82. The second-order valence-electron chi connectivity index (χ2n) is 7.74. The van der Waals surface area contributed by atoms with Gasteiger partial charge in [-0.15, -0.1) is 11.8 Å². The quantitative estimate of drug-likeness (QED) is 0.534. The topological polar surface area (TPSA) is 100 Å². The predicted octanol–water partition coefficient (Wildman–Crippen LogP) is 1.78. The van der Waals surface area contributed by atoms with E-state index in [1.807, 2.05) is 19.1 Å². The van der Waals surface area contributed by atoms with E-state index in [2.05, 4.69) is 0 Å². The largest absolute Gasteiger partial charge is 0.497 e. The van der Waals surface area contributed by atoms with Crippen LogP contribution < -0.4 is 10.5 Å². The van der Waals surface area contributed by atoms with Crippen LogP contribution in [-0.4, -0.2) is 60.1 Å². The number of methoxy groups -OCH3 is 2. The maximum Gasteiger partial charge on any atom is 0.355 e. The van der Waals surface area contributed by atoms with Crippen molar-refractivity contribution in [3.8, 4) is 5.75 Å². The van der Waals surface area contributed by atoms with Crippen LogP contribution in [0.4, 0.5) is 0 Å². The molecule has 0 unspecified atom stereocenters. The van der Waals surface area contributed by atoms with Crippen molar-refractivity contribution in [2.45, 2.75) is 49.7 Å². The second-order valence-corrected chi connectivity index (χ2v) is 8.84. The number of β-lactam (4-membered cyclic amide) rings is 1. The van der Waals surface area contributed by atoms with E-state index in [-0.39, 0.29) is 29.9 Å². The number of hydrogen-bond acceptors (Lipinski definition) is 8. The molecule has 1 amide bonds. The first-order chi connectivity index (χ1) is 14.4. The van der Waals surface area contributed by atoms with Gasteiger partial charge in [0.1, 0.15) is 29.5 Å². The van der Waals surface area contributed by atoms with Crippen LogP contribution in [0.15, 0.2) is 35.5 Å². The zero-order valence-electron chi connectivity index (χ0n) is 17.3. The van der Waals surface area contributed by atoms with Crippen molar-refractivity contribution >= 4 is 23.6 Å². The lowest BCUT2D eigenvalue weighted by Crippen LogP contribution is -2.69. The summed E-state index contributed by atoms with van der Waals surface area (Å²) in [4.78, 5) is 27.1. The average molecular weight is 435 g/mol. The monoisotopic (exact) mass is 434 g/mol. The molecule has 2 fully saturated rings. The number of amides is 1. The van der Waals surface area contributed by atoms with Crippen LogP contribution in [-0.2, 0) is 30.4 Å². The molecule has 4 rings (SSSR count). The molecule has 0 aliphatic carbocycles. The number of ether oxygens (including phenoxy) is 4. The molecular weight excluding hydrogens is 408 g/mol. The van der Waals surface area contributed by atoms with Crippen LogP contribution in [0, 0.1) is 0 Å². The maximum atomic E-state index is 13.2. The van der Waals surface area contributed by atoms with E-state index in [4.69, 9.17) is 24.7 Å². The van der Waals surface area contributed by atoms with Crippen molar-refractivity contribution in [1.82, 2.24) is 4.90 Å². The normalized spacial score (nSPS) is 30.7. The lowest BCUT2D eigenvalue weighted by Gasteiger charge is -2.50. The van der Waals surface area contributed by atoms with E-state index >= 15 is 0 Å².